The Morgan fingerprint density at radius 1 is 1.33 bits per heavy atom. The zero-order valence-corrected chi connectivity index (χ0v) is 16.2. The molecule has 0 aromatic carbocycles. The Labute approximate surface area is 159 Å². The molecule has 1 N–H and O–H groups in total. The standard InChI is InChI=1S/C20H28N6O/c1-3-4-9-25-10-7-21-20(25)16-6-5-8-24(13-16)14-17-12-19(27)26-18(22-17)11-15(2)23-26/h7,10-12,16,23H,3-6,8-9,13-14H2,1-2H3. The number of nitrogens with one attached hydrogen (secondary N) is 1. The number of piperidine rings is 1. The highest BCUT2D eigenvalue weighted by molar-refractivity contribution is 5.39. The summed E-state index contributed by atoms with van der Waals surface area (Å²) >= 11 is 0. The van der Waals surface area contributed by atoms with Gasteiger partial charge in [0.25, 0.3) is 5.56 Å². The number of unbranched alkanes of at least 4 members (excludes halogenated alkanes) is 1. The molecule has 0 amide bonds. The second-order valence-corrected chi connectivity index (χ2v) is 7.63. The van der Waals surface area contributed by atoms with Crippen molar-refractivity contribution in [3.8, 4) is 0 Å². The van der Waals surface area contributed by atoms with Gasteiger partial charge in [0.05, 0.1) is 5.69 Å². The Morgan fingerprint density at radius 2 is 2.22 bits per heavy atom. The van der Waals surface area contributed by atoms with Gasteiger partial charge in [0, 0.05) is 55.8 Å². The third-order valence-corrected chi connectivity index (χ3v) is 5.39. The Hall–Kier alpha value is -2.41. The van der Waals surface area contributed by atoms with E-state index in [9.17, 15) is 4.79 Å². The van der Waals surface area contributed by atoms with Gasteiger partial charge in [-0.1, -0.05) is 13.3 Å². The summed E-state index contributed by atoms with van der Waals surface area (Å²) in [5.74, 6) is 1.66. The normalized spacial score (nSPS) is 18.4. The van der Waals surface area contributed by atoms with Crippen LogP contribution >= 0.6 is 0 Å². The van der Waals surface area contributed by atoms with E-state index in [1.807, 2.05) is 19.2 Å². The number of rotatable bonds is 6. The number of H-pyrrole nitrogens is 1. The average Bonchev–Trinajstić information content (AvgIpc) is 3.26. The first-order chi connectivity index (χ1) is 13.1. The van der Waals surface area contributed by atoms with Crippen molar-refractivity contribution < 1.29 is 0 Å². The van der Waals surface area contributed by atoms with Crippen molar-refractivity contribution in [3.05, 3.63) is 52.1 Å². The number of aromatic amines is 1. The molecule has 4 rings (SSSR count). The highest BCUT2D eigenvalue weighted by Crippen LogP contribution is 2.26. The molecule has 0 aliphatic carbocycles. The van der Waals surface area contributed by atoms with Gasteiger partial charge in [-0.2, -0.15) is 0 Å². The molecule has 7 heteroatoms. The molecule has 0 bridgehead atoms. The maximum absolute atomic E-state index is 12.3. The number of aryl methyl sites for hydroxylation is 2. The van der Waals surface area contributed by atoms with E-state index in [1.54, 1.807) is 6.07 Å². The number of hydrogen-bond donors (Lipinski definition) is 1. The molecule has 3 aromatic rings. The second kappa shape index (κ2) is 7.68. The van der Waals surface area contributed by atoms with Gasteiger partial charge >= 0.3 is 0 Å². The number of aromatic nitrogens is 5. The Bertz CT molecular complexity index is 968. The fourth-order valence-corrected chi connectivity index (χ4v) is 4.08. The molecule has 1 aliphatic rings. The molecule has 0 saturated carbocycles. The first kappa shape index (κ1) is 18.0. The highest BCUT2D eigenvalue weighted by atomic mass is 16.1. The topological polar surface area (TPSA) is 71.2 Å². The van der Waals surface area contributed by atoms with Crippen molar-refractivity contribution in [2.45, 2.75) is 58.5 Å². The molecule has 0 spiro atoms. The molecule has 1 atom stereocenters. The van der Waals surface area contributed by atoms with E-state index in [0.29, 0.717) is 18.1 Å². The van der Waals surface area contributed by atoms with Crippen LogP contribution in [0.5, 0.6) is 0 Å². The number of likely N-dealkylation sites (tertiary alicyclic amines) is 1. The smallest absolute Gasteiger partial charge is 0.272 e. The molecule has 3 aromatic heterocycles. The molecule has 1 saturated heterocycles. The van der Waals surface area contributed by atoms with E-state index in [0.717, 1.165) is 37.4 Å². The van der Waals surface area contributed by atoms with Gasteiger partial charge in [0.1, 0.15) is 5.82 Å². The third kappa shape index (κ3) is 3.83. The quantitative estimate of drug-likeness (QED) is 0.726. The van der Waals surface area contributed by atoms with E-state index in [2.05, 4.69) is 37.7 Å². The molecular weight excluding hydrogens is 340 g/mol. The van der Waals surface area contributed by atoms with Crippen LogP contribution in [0.15, 0.2) is 29.3 Å². The summed E-state index contributed by atoms with van der Waals surface area (Å²) in [4.78, 5) is 24.0. The number of fused-ring (bicyclic) bond motifs is 1. The van der Waals surface area contributed by atoms with E-state index in [1.165, 1.54) is 29.6 Å². The maximum Gasteiger partial charge on any atom is 0.272 e. The summed E-state index contributed by atoms with van der Waals surface area (Å²) in [5, 5.41) is 3.02. The molecule has 0 radical (unpaired) electrons. The van der Waals surface area contributed by atoms with E-state index < -0.39 is 0 Å². The average molecular weight is 368 g/mol. The fraction of sp³-hybridized carbons (Fsp3) is 0.550. The van der Waals surface area contributed by atoms with Crippen molar-refractivity contribution >= 4 is 5.65 Å². The summed E-state index contributed by atoms with van der Waals surface area (Å²) in [5.41, 5.74) is 2.42. The van der Waals surface area contributed by atoms with Gasteiger partial charge in [0.15, 0.2) is 5.65 Å². The van der Waals surface area contributed by atoms with Crippen LogP contribution in [0.2, 0.25) is 0 Å². The van der Waals surface area contributed by atoms with Crippen LogP contribution in [-0.2, 0) is 13.1 Å². The summed E-state index contributed by atoms with van der Waals surface area (Å²) < 4.78 is 3.82. The third-order valence-electron chi connectivity index (χ3n) is 5.39. The van der Waals surface area contributed by atoms with Gasteiger partial charge in [-0.05, 0) is 32.7 Å². The lowest BCUT2D eigenvalue weighted by Gasteiger charge is -2.32. The number of hydrogen-bond acceptors (Lipinski definition) is 4. The molecule has 1 unspecified atom stereocenters. The van der Waals surface area contributed by atoms with Gasteiger partial charge in [-0.25, -0.2) is 14.5 Å². The van der Waals surface area contributed by atoms with Crippen molar-refractivity contribution in [1.82, 2.24) is 29.0 Å². The minimum atomic E-state index is -0.0493. The lowest BCUT2D eigenvalue weighted by atomic mass is 9.97. The van der Waals surface area contributed by atoms with E-state index >= 15 is 0 Å². The molecule has 144 valence electrons. The van der Waals surface area contributed by atoms with Crippen LogP contribution in [0.3, 0.4) is 0 Å². The minimum absolute atomic E-state index is 0.0493. The minimum Gasteiger partial charge on any atom is -0.335 e. The zero-order valence-electron chi connectivity index (χ0n) is 16.2. The Kier molecular flexibility index (Phi) is 5.11. The van der Waals surface area contributed by atoms with Crippen LogP contribution < -0.4 is 5.56 Å². The van der Waals surface area contributed by atoms with Gasteiger partial charge in [-0.3, -0.25) is 14.8 Å². The van der Waals surface area contributed by atoms with Crippen LogP contribution in [0.25, 0.3) is 5.65 Å². The predicted molar refractivity (Wildman–Crippen MR) is 105 cm³/mol. The summed E-state index contributed by atoms with van der Waals surface area (Å²) in [6.45, 7) is 7.92. The van der Waals surface area contributed by atoms with Gasteiger partial charge in [0.2, 0.25) is 0 Å². The largest absolute Gasteiger partial charge is 0.335 e. The van der Waals surface area contributed by atoms with Crippen LogP contribution in [0.1, 0.15) is 55.7 Å². The Morgan fingerprint density at radius 3 is 3.07 bits per heavy atom. The van der Waals surface area contributed by atoms with Crippen molar-refractivity contribution in [1.29, 1.82) is 0 Å². The molecule has 1 aliphatic heterocycles. The molecule has 27 heavy (non-hydrogen) atoms. The van der Waals surface area contributed by atoms with Crippen molar-refractivity contribution in [2.24, 2.45) is 0 Å². The SMILES string of the molecule is CCCCn1ccnc1C1CCCN(Cc2cc(=O)n3[nH]c(C)cc3n2)C1. The van der Waals surface area contributed by atoms with E-state index in [4.69, 9.17) is 0 Å². The molecular formula is C20H28N6O. The van der Waals surface area contributed by atoms with Gasteiger partial charge in [-0.15, -0.1) is 0 Å². The second-order valence-electron chi connectivity index (χ2n) is 7.63. The lowest BCUT2D eigenvalue weighted by Crippen LogP contribution is -2.35. The molecule has 7 nitrogen and oxygen atoms in total. The summed E-state index contributed by atoms with van der Waals surface area (Å²) in [6.07, 6.45) is 8.73. The maximum atomic E-state index is 12.3. The van der Waals surface area contributed by atoms with Crippen molar-refractivity contribution in [3.63, 3.8) is 0 Å². The number of nitrogens with zero attached hydrogens (tertiary/aromatic N) is 5. The lowest BCUT2D eigenvalue weighted by molar-refractivity contribution is 0.192. The van der Waals surface area contributed by atoms with Crippen LogP contribution in [-0.4, -0.2) is 42.1 Å². The molecule has 4 heterocycles. The highest BCUT2D eigenvalue weighted by Gasteiger charge is 2.25. The van der Waals surface area contributed by atoms with Crippen LogP contribution in [0.4, 0.5) is 0 Å². The predicted octanol–water partition coefficient (Wildman–Crippen LogP) is 2.71. The fourth-order valence-electron chi connectivity index (χ4n) is 4.08. The van der Waals surface area contributed by atoms with Crippen molar-refractivity contribution in [2.75, 3.05) is 13.1 Å². The zero-order chi connectivity index (χ0) is 18.8. The first-order valence-electron chi connectivity index (χ1n) is 9.95. The van der Waals surface area contributed by atoms with Crippen LogP contribution in [0, 0.1) is 6.92 Å². The summed E-state index contributed by atoms with van der Waals surface area (Å²) in [6, 6.07) is 3.56. The first-order valence-corrected chi connectivity index (χ1v) is 9.95. The monoisotopic (exact) mass is 368 g/mol. The van der Waals surface area contributed by atoms with Gasteiger partial charge < -0.3 is 4.57 Å². The Balaban J connectivity index is 1.49. The molecule has 1 fully saturated rings. The number of imidazole rings is 1. The van der Waals surface area contributed by atoms with E-state index in [-0.39, 0.29) is 5.56 Å². The summed E-state index contributed by atoms with van der Waals surface area (Å²) in [7, 11) is 0.